The van der Waals surface area contributed by atoms with Crippen molar-refractivity contribution >= 4 is 24.5 Å². The van der Waals surface area contributed by atoms with Crippen molar-refractivity contribution < 1.29 is 48.3 Å². The molecule has 0 aromatic rings. The first-order valence-electron chi connectivity index (χ1n) is 6.68. The molecule has 0 radical (unpaired) electrons. The minimum Gasteiger partial charge on any atom is -0.457 e. The average Bonchev–Trinajstić information content (AvgIpc) is 2.55. The summed E-state index contributed by atoms with van der Waals surface area (Å²) in [6, 6.07) is 0. The lowest BCUT2D eigenvalue weighted by Crippen LogP contribution is -2.29. The van der Waals surface area contributed by atoms with Gasteiger partial charge in [-0.3, -0.25) is 9.59 Å². The van der Waals surface area contributed by atoms with Crippen molar-refractivity contribution in [1.29, 1.82) is 0 Å². The Balaban J connectivity index is 3.68. The lowest BCUT2D eigenvalue weighted by atomic mass is 10.3. The second kappa shape index (κ2) is 12.6. The van der Waals surface area contributed by atoms with E-state index in [-0.39, 0.29) is 45.6 Å². The Bertz CT molecular complexity index is 383. The van der Waals surface area contributed by atoms with Crippen molar-refractivity contribution in [2.24, 2.45) is 0 Å². The first-order chi connectivity index (χ1) is 10.9. The molecule has 3 atom stereocenters. The summed E-state index contributed by atoms with van der Waals surface area (Å²) < 4.78 is 19.1. The molecule has 2 N–H and O–H groups in total. The van der Waals surface area contributed by atoms with E-state index < -0.39 is 30.3 Å². The van der Waals surface area contributed by atoms with Crippen LogP contribution in [-0.2, 0) is 38.1 Å². The van der Waals surface area contributed by atoms with E-state index in [4.69, 9.17) is 9.47 Å². The van der Waals surface area contributed by atoms with Crippen LogP contribution in [0.5, 0.6) is 0 Å². The fourth-order valence-electron chi connectivity index (χ4n) is 1.21. The molecule has 0 aliphatic heterocycles. The van der Waals surface area contributed by atoms with E-state index in [1.807, 2.05) is 0 Å². The summed E-state index contributed by atoms with van der Waals surface area (Å²) >= 11 is 0. The molecule has 0 aliphatic carbocycles. The van der Waals surface area contributed by atoms with Crippen LogP contribution in [0.1, 0.15) is 6.92 Å². The molecule has 10 heteroatoms. The highest BCUT2D eigenvalue weighted by molar-refractivity contribution is 6.20. The number of hydrogen-bond acceptors (Lipinski definition) is 10. The van der Waals surface area contributed by atoms with Gasteiger partial charge >= 0.3 is 11.9 Å². The summed E-state index contributed by atoms with van der Waals surface area (Å²) in [7, 11) is 0. The Hall–Kier alpha value is -1.88. The smallest absolute Gasteiger partial charge is 0.371 e. The number of rotatable bonds is 13. The van der Waals surface area contributed by atoms with Gasteiger partial charge < -0.3 is 29.2 Å². The third kappa shape index (κ3) is 12.4. The Morgan fingerprint density at radius 3 is 1.83 bits per heavy atom. The Labute approximate surface area is 132 Å². The second-order valence-electron chi connectivity index (χ2n) is 4.48. The van der Waals surface area contributed by atoms with E-state index >= 15 is 0 Å². The molecule has 0 aromatic heterocycles. The zero-order chi connectivity index (χ0) is 17.7. The lowest BCUT2D eigenvalue weighted by molar-refractivity contribution is -0.153. The molecule has 132 valence electrons. The molecule has 0 aromatic carbocycles. The number of ether oxygens (including phenoxy) is 4. The number of carbonyl (C=O) groups is 4. The predicted molar refractivity (Wildman–Crippen MR) is 72.3 cm³/mol. The summed E-state index contributed by atoms with van der Waals surface area (Å²) in [4.78, 5) is 41.0. The molecule has 0 rings (SSSR count). The molecule has 0 aliphatic rings. The van der Waals surface area contributed by atoms with Gasteiger partial charge in [-0.25, -0.2) is 9.59 Å². The van der Waals surface area contributed by atoms with Crippen LogP contribution in [0.4, 0.5) is 0 Å². The maximum atomic E-state index is 10.5. The van der Waals surface area contributed by atoms with Crippen molar-refractivity contribution in [1.82, 2.24) is 0 Å². The van der Waals surface area contributed by atoms with Crippen LogP contribution in [-0.4, -0.2) is 86.1 Å². The fourth-order valence-corrected chi connectivity index (χ4v) is 1.21. The maximum Gasteiger partial charge on any atom is 0.371 e. The Kier molecular flexibility index (Phi) is 11.6. The van der Waals surface area contributed by atoms with E-state index in [1.165, 1.54) is 0 Å². The molecule has 0 saturated carbocycles. The molecule has 0 amide bonds. The number of carbonyl (C=O) groups excluding carboxylic acids is 4. The van der Waals surface area contributed by atoms with E-state index in [9.17, 15) is 29.4 Å². The Morgan fingerprint density at radius 2 is 1.35 bits per heavy atom. The minimum absolute atomic E-state index is 0.0122. The van der Waals surface area contributed by atoms with Crippen molar-refractivity contribution in [2.45, 2.75) is 25.2 Å². The van der Waals surface area contributed by atoms with Crippen LogP contribution in [0, 0.1) is 0 Å². The van der Waals surface area contributed by atoms with Crippen LogP contribution in [0.2, 0.25) is 0 Å². The van der Waals surface area contributed by atoms with Gasteiger partial charge in [0.05, 0.1) is 25.9 Å². The lowest BCUT2D eigenvalue weighted by Gasteiger charge is -2.17. The van der Waals surface area contributed by atoms with Crippen molar-refractivity contribution in [3.05, 3.63) is 0 Å². The molecule has 3 unspecified atom stereocenters. The van der Waals surface area contributed by atoms with E-state index in [2.05, 4.69) is 9.47 Å². The molecule has 0 saturated heterocycles. The molecule has 23 heavy (non-hydrogen) atoms. The average molecular weight is 336 g/mol. The molecule has 0 bridgehead atoms. The van der Waals surface area contributed by atoms with Crippen LogP contribution >= 0.6 is 0 Å². The monoisotopic (exact) mass is 336 g/mol. The van der Waals surface area contributed by atoms with Gasteiger partial charge in [0.15, 0.2) is 0 Å². The van der Waals surface area contributed by atoms with Gasteiger partial charge in [-0.15, -0.1) is 0 Å². The highest BCUT2D eigenvalue weighted by Crippen LogP contribution is 1.97. The molecular weight excluding hydrogens is 316 g/mol. The Morgan fingerprint density at radius 1 is 0.870 bits per heavy atom. The van der Waals surface area contributed by atoms with Gasteiger partial charge in [-0.05, 0) is 6.92 Å². The normalized spacial score (nSPS) is 14.4. The largest absolute Gasteiger partial charge is 0.457 e. The SMILES string of the molecule is CC(COCC(O)COC(=O)C=O)OCC(O)COC(=O)C=O. The van der Waals surface area contributed by atoms with Crippen LogP contribution in [0.25, 0.3) is 0 Å². The standard InChI is InChI=1S/C13H20O10/c1-9(21-6-11(17)8-23-13(19)3-15)4-20-5-10(16)7-22-12(18)2-14/h2-3,9-11,16-17H,4-8H2,1H3. The predicted octanol–water partition coefficient (Wildman–Crippen LogP) is -2.39. The van der Waals surface area contributed by atoms with Gasteiger partial charge in [0.25, 0.3) is 0 Å². The number of aliphatic hydroxyl groups is 2. The summed E-state index contributed by atoms with van der Waals surface area (Å²) in [5, 5.41) is 18.8. The van der Waals surface area contributed by atoms with Gasteiger partial charge in [-0.1, -0.05) is 0 Å². The van der Waals surface area contributed by atoms with Crippen molar-refractivity contribution in [3.8, 4) is 0 Å². The number of esters is 2. The van der Waals surface area contributed by atoms with E-state index in [0.717, 1.165) is 0 Å². The fraction of sp³-hybridized carbons (Fsp3) is 0.692. The minimum atomic E-state index is -1.09. The maximum absolute atomic E-state index is 10.5. The summed E-state index contributed by atoms with van der Waals surface area (Å²) in [6.45, 7) is 0.706. The third-order valence-corrected chi connectivity index (χ3v) is 2.26. The molecule has 0 spiro atoms. The zero-order valence-corrected chi connectivity index (χ0v) is 12.6. The highest BCUT2D eigenvalue weighted by atomic mass is 16.6. The van der Waals surface area contributed by atoms with Crippen LogP contribution < -0.4 is 0 Å². The number of aldehydes is 2. The first kappa shape index (κ1) is 21.1. The van der Waals surface area contributed by atoms with Gasteiger partial charge in [0, 0.05) is 0 Å². The third-order valence-electron chi connectivity index (χ3n) is 2.26. The zero-order valence-electron chi connectivity index (χ0n) is 12.6. The molecule has 0 fully saturated rings. The van der Waals surface area contributed by atoms with Crippen LogP contribution in [0.3, 0.4) is 0 Å². The highest BCUT2D eigenvalue weighted by Gasteiger charge is 2.12. The quantitative estimate of drug-likeness (QED) is 0.212. The molecule has 10 nitrogen and oxygen atoms in total. The summed E-state index contributed by atoms with van der Waals surface area (Å²) in [5.41, 5.74) is 0. The first-order valence-corrected chi connectivity index (χ1v) is 6.68. The second-order valence-corrected chi connectivity index (χ2v) is 4.48. The van der Waals surface area contributed by atoms with Gasteiger partial charge in [0.2, 0.25) is 12.6 Å². The van der Waals surface area contributed by atoms with Crippen molar-refractivity contribution in [3.63, 3.8) is 0 Å². The van der Waals surface area contributed by atoms with E-state index in [0.29, 0.717) is 0 Å². The number of hydrogen-bond donors (Lipinski definition) is 2. The molecule has 0 heterocycles. The summed E-state index contributed by atoms with van der Waals surface area (Å²) in [6.07, 6.45) is -2.63. The summed E-state index contributed by atoms with van der Waals surface area (Å²) in [5.74, 6) is -2.16. The molecular formula is C13H20O10. The van der Waals surface area contributed by atoms with Gasteiger partial charge in [-0.2, -0.15) is 0 Å². The van der Waals surface area contributed by atoms with Crippen molar-refractivity contribution in [2.75, 3.05) is 33.0 Å². The van der Waals surface area contributed by atoms with Gasteiger partial charge in [0.1, 0.15) is 25.4 Å². The van der Waals surface area contributed by atoms with E-state index in [1.54, 1.807) is 6.92 Å². The number of aliphatic hydroxyl groups excluding tert-OH is 2. The van der Waals surface area contributed by atoms with Crippen LogP contribution in [0.15, 0.2) is 0 Å². The topological polar surface area (TPSA) is 146 Å².